The van der Waals surface area contributed by atoms with Gasteiger partial charge in [0.1, 0.15) is 6.61 Å². The van der Waals surface area contributed by atoms with Crippen LogP contribution in [0.1, 0.15) is 35.2 Å². The molecule has 106 valence electrons. The van der Waals surface area contributed by atoms with Gasteiger partial charge in [-0.2, -0.15) is 0 Å². The van der Waals surface area contributed by atoms with Gasteiger partial charge in [0.15, 0.2) is 0 Å². The summed E-state index contributed by atoms with van der Waals surface area (Å²) in [5.74, 6) is 5.07. The van der Waals surface area contributed by atoms with Crippen molar-refractivity contribution in [3.63, 3.8) is 0 Å². The van der Waals surface area contributed by atoms with Crippen LogP contribution in [0.5, 0.6) is 0 Å². The van der Waals surface area contributed by atoms with E-state index in [1.807, 2.05) is 0 Å². The van der Waals surface area contributed by atoms with Gasteiger partial charge in [-0.25, -0.2) is 0 Å². The highest BCUT2D eigenvalue weighted by Gasteiger charge is 2.15. The van der Waals surface area contributed by atoms with E-state index in [0.717, 1.165) is 25.9 Å². The fraction of sp³-hybridized carbons (Fsp3) is 0.467. The van der Waals surface area contributed by atoms with E-state index in [1.165, 1.54) is 6.20 Å². The zero-order chi connectivity index (χ0) is 14.2. The minimum atomic E-state index is -0.213. The SMILES string of the molecule is O=C(NCC1CCCCO1)c1cncc(C#CCO)c1. The molecule has 0 bridgehead atoms. The van der Waals surface area contributed by atoms with E-state index in [4.69, 9.17) is 9.84 Å². The highest BCUT2D eigenvalue weighted by molar-refractivity contribution is 5.94. The van der Waals surface area contributed by atoms with Crippen LogP contribution in [0.2, 0.25) is 0 Å². The van der Waals surface area contributed by atoms with Gasteiger partial charge in [-0.05, 0) is 25.3 Å². The van der Waals surface area contributed by atoms with Gasteiger partial charge >= 0.3 is 0 Å². The van der Waals surface area contributed by atoms with Crippen molar-refractivity contribution in [1.82, 2.24) is 10.3 Å². The summed E-state index contributed by atoms with van der Waals surface area (Å²) in [6.45, 7) is 1.08. The quantitative estimate of drug-likeness (QED) is 0.797. The summed E-state index contributed by atoms with van der Waals surface area (Å²) in [4.78, 5) is 16.0. The number of ether oxygens (including phenoxy) is 1. The summed E-state index contributed by atoms with van der Waals surface area (Å²) in [6.07, 6.45) is 6.40. The average Bonchev–Trinajstić information content (AvgIpc) is 2.52. The molecule has 5 heteroatoms. The highest BCUT2D eigenvalue weighted by atomic mass is 16.5. The maximum atomic E-state index is 12.0. The van der Waals surface area contributed by atoms with E-state index in [1.54, 1.807) is 12.3 Å². The van der Waals surface area contributed by atoms with Gasteiger partial charge in [0.2, 0.25) is 0 Å². The number of hydrogen-bond donors (Lipinski definition) is 2. The van der Waals surface area contributed by atoms with Crippen molar-refractivity contribution in [2.75, 3.05) is 19.8 Å². The fourth-order valence-corrected chi connectivity index (χ4v) is 2.05. The number of nitrogens with one attached hydrogen (secondary N) is 1. The predicted molar refractivity (Wildman–Crippen MR) is 74.1 cm³/mol. The largest absolute Gasteiger partial charge is 0.384 e. The second-order valence-electron chi connectivity index (χ2n) is 4.62. The van der Waals surface area contributed by atoms with Crippen molar-refractivity contribution in [3.8, 4) is 11.8 Å². The van der Waals surface area contributed by atoms with Gasteiger partial charge in [0.05, 0.1) is 11.7 Å². The summed E-state index contributed by atoms with van der Waals surface area (Å²) in [5.41, 5.74) is 1.08. The lowest BCUT2D eigenvalue weighted by Crippen LogP contribution is -2.35. The maximum absolute atomic E-state index is 12.0. The Labute approximate surface area is 118 Å². The zero-order valence-electron chi connectivity index (χ0n) is 11.3. The van der Waals surface area contributed by atoms with E-state index in [9.17, 15) is 4.79 Å². The average molecular weight is 274 g/mol. The van der Waals surface area contributed by atoms with Crippen LogP contribution in [0.15, 0.2) is 18.5 Å². The third-order valence-corrected chi connectivity index (χ3v) is 3.08. The van der Waals surface area contributed by atoms with Crippen LogP contribution in [-0.2, 0) is 4.74 Å². The molecule has 1 fully saturated rings. The number of carbonyl (C=O) groups is 1. The molecule has 0 saturated carbocycles. The van der Waals surface area contributed by atoms with Crippen molar-refractivity contribution in [3.05, 3.63) is 29.6 Å². The van der Waals surface area contributed by atoms with Crippen LogP contribution >= 0.6 is 0 Å². The van der Waals surface area contributed by atoms with Crippen LogP contribution in [0, 0.1) is 11.8 Å². The fourth-order valence-electron chi connectivity index (χ4n) is 2.05. The Morgan fingerprint density at radius 1 is 1.50 bits per heavy atom. The van der Waals surface area contributed by atoms with Crippen LogP contribution in [0.3, 0.4) is 0 Å². The molecule has 5 nitrogen and oxygen atoms in total. The lowest BCUT2D eigenvalue weighted by Gasteiger charge is -2.22. The minimum absolute atomic E-state index is 0.109. The van der Waals surface area contributed by atoms with Crippen molar-refractivity contribution in [1.29, 1.82) is 0 Å². The predicted octanol–water partition coefficient (Wildman–Crippen LogP) is 0.724. The minimum Gasteiger partial charge on any atom is -0.384 e. The van der Waals surface area contributed by atoms with E-state index in [2.05, 4.69) is 22.1 Å². The van der Waals surface area contributed by atoms with Gasteiger partial charge < -0.3 is 15.2 Å². The molecule has 20 heavy (non-hydrogen) atoms. The number of aromatic nitrogens is 1. The highest BCUT2D eigenvalue weighted by Crippen LogP contribution is 2.11. The molecule has 0 radical (unpaired) electrons. The topological polar surface area (TPSA) is 71.5 Å². The summed E-state index contributed by atoms with van der Waals surface area (Å²) in [7, 11) is 0. The Morgan fingerprint density at radius 2 is 2.40 bits per heavy atom. The standard InChI is InChI=1S/C15H18N2O3/c18-6-3-4-12-8-13(10-16-9-12)15(19)17-11-14-5-1-2-7-20-14/h8-10,14,18H,1-2,5-7,11H2,(H,17,19). The smallest absolute Gasteiger partial charge is 0.252 e. The molecule has 1 amide bonds. The molecule has 2 N–H and O–H groups in total. The second-order valence-corrected chi connectivity index (χ2v) is 4.62. The molecule has 2 heterocycles. The summed E-state index contributed by atoms with van der Waals surface area (Å²) < 4.78 is 5.56. The molecule has 1 atom stereocenters. The Kier molecular flexibility index (Phi) is 5.54. The lowest BCUT2D eigenvalue weighted by atomic mass is 10.1. The van der Waals surface area contributed by atoms with Crippen LogP contribution in [-0.4, -0.2) is 41.9 Å². The first-order chi connectivity index (χ1) is 9.79. The molecular formula is C15H18N2O3. The van der Waals surface area contributed by atoms with Crippen LogP contribution in [0.4, 0.5) is 0 Å². The lowest BCUT2D eigenvalue weighted by molar-refractivity contribution is 0.0169. The van der Waals surface area contributed by atoms with Crippen molar-refractivity contribution in [2.45, 2.75) is 25.4 Å². The van der Waals surface area contributed by atoms with Crippen molar-refractivity contribution >= 4 is 5.91 Å². The maximum Gasteiger partial charge on any atom is 0.252 e. The number of hydrogen-bond acceptors (Lipinski definition) is 4. The Hall–Kier alpha value is -1.90. The number of aliphatic hydroxyl groups excluding tert-OH is 1. The van der Waals surface area contributed by atoms with Crippen LogP contribution < -0.4 is 5.32 Å². The first kappa shape index (κ1) is 14.5. The Balaban J connectivity index is 1.91. The summed E-state index contributed by atoms with van der Waals surface area (Å²) >= 11 is 0. The Morgan fingerprint density at radius 3 is 3.15 bits per heavy atom. The van der Waals surface area contributed by atoms with Crippen LogP contribution in [0.25, 0.3) is 0 Å². The van der Waals surface area contributed by atoms with Gasteiger partial charge in [-0.15, -0.1) is 0 Å². The summed E-state index contributed by atoms with van der Waals surface area (Å²) in [6, 6.07) is 1.66. The molecule has 1 aromatic heterocycles. The molecule has 1 aliphatic heterocycles. The molecule has 0 aliphatic carbocycles. The monoisotopic (exact) mass is 274 g/mol. The number of amides is 1. The third kappa shape index (κ3) is 4.34. The van der Waals surface area contributed by atoms with E-state index < -0.39 is 0 Å². The molecule has 1 aliphatic rings. The first-order valence-corrected chi connectivity index (χ1v) is 6.74. The molecule has 1 saturated heterocycles. The van der Waals surface area contributed by atoms with Crippen molar-refractivity contribution < 1.29 is 14.6 Å². The van der Waals surface area contributed by atoms with Gasteiger partial charge in [0, 0.05) is 31.1 Å². The van der Waals surface area contributed by atoms with Gasteiger partial charge in [-0.1, -0.05) is 11.8 Å². The number of pyridine rings is 1. The number of rotatable bonds is 3. The molecule has 0 spiro atoms. The molecule has 0 aromatic carbocycles. The number of aliphatic hydroxyl groups is 1. The third-order valence-electron chi connectivity index (χ3n) is 3.08. The van der Waals surface area contributed by atoms with Gasteiger partial charge in [0.25, 0.3) is 5.91 Å². The molecule has 2 rings (SSSR count). The molecular weight excluding hydrogens is 256 g/mol. The van der Waals surface area contributed by atoms with Gasteiger partial charge in [-0.3, -0.25) is 9.78 Å². The first-order valence-electron chi connectivity index (χ1n) is 6.74. The zero-order valence-corrected chi connectivity index (χ0v) is 11.3. The van der Waals surface area contributed by atoms with E-state index >= 15 is 0 Å². The second kappa shape index (κ2) is 7.63. The Bertz CT molecular complexity index is 513. The van der Waals surface area contributed by atoms with E-state index in [-0.39, 0.29) is 18.6 Å². The number of nitrogens with zero attached hydrogens (tertiary/aromatic N) is 1. The molecule has 1 unspecified atom stereocenters. The molecule has 1 aromatic rings. The van der Waals surface area contributed by atoms with Crippen molar-refractivity contribution in [2.24, 2.45) is 0 Å². The summed E-state index contributed by atoms with van der Waals surface area (Å²) in [5, 5.41) is 11.5. The van der Waals surface area contributed by atoms with E-state index in [0.29, 0.717) is 17.7 Å². The normalized spacial score (nSPS) is 17.9. The number of carbonyl (C=O) groups excluding carboxylic acids is 1.